The van der Waals surface area contributed by atoms with Gasteiger partial charge in [0.1, 0.15) is 11.6 Å². The fourth-order valence-electron chi connectivity index (χ4n) is 2.32. The van der Waals surface area contributed by atoms with E-state index in [1.807, 2.05) is 0 Å². The smallest absolute Gasteiger partial charge is 0.437 e. The summed E-state index contributed by atoms with van der Waals surface area (Å²) in [6.07, 6.45) is -4.28. The fraction of sp³-hybridized carbons (Fsp3) is 0.188. The van der Waals surface area contributed by atoms with Gasteiger partial charge in [-0.2, -0.15) is 23.5 Å². The predicted octanol–water partition coefficient (Wildman–Crippen LogP) is 1.61. The van der Waals surface area contributed by atoms with Crippen molar-refractivity contribution in [2.24, 2.45) is 5.10 Å². The summed E-state index contributed by atoms with van der Waals surface area (Å²) in [5.74, 6) is -1.61. The van der Waals surface area contributed by atoms with Crippen LogP contribution in [0.15, 0.2) is 34.4 Å². The Morgan fingerprint density at radius 3 is 2.69 bits per heavy atom. The van der Waals surface area contributed by atoms with Crippen LogP contribution in [0.5, 0.6) is 11.5 Å². The van der Waals surface area contributed by atoms with Crippen LogP contribution < -0.4 is 21.0 Å². The number of aromatic nitrogens is 2. The van der Waals surface area contributed by atoms with Gasteiger partial charge in [-0.25, -0.2) is 10.4 Å². The number of nitrogens with one attached hydrogen (secondary N) is 2. The Morgan fingerprint density at radius 2 is 2.07 bits per heavy atom. The van der Waals surface area contributed by atoms with E-state index in [0.29, 0.717) is 6.33 Å². The number of carbonyl (C=O) groups is 1. The maximum Gasteiger partial charge on any atom is 0.437 e. The molecular weight excluding hydrogens is 417 g/mol. The highest BCUT2D eigenvalue weighted by molar-refractivity contribution is 6.30. The number of nitriles is 1. The van der Waals surface area contributed by atoms with Crippen LogP contribution in [0, 0.1) is 11.3 Å². The number of hydrogen-bond donors (Lipinski definition) is 2. The molecule has 150 valence electrons. The van der Waals surface area contributed by atoms with Gasteiger partial charge in [0.15, 0.2) is 5.69 Å². The maximum absolute atomic E-state index is 13.3. The van der Waals surface area contributed by atoms with Gasteiger partial charge >= 0.3 is 6.18 Å². The van der Waals surface area contributed by atoms with E-state index in [4.69, 9.17) is 21.6 Å². The van der Waals surface area contributed by atoms with E-state index < -0.39 is 29.1 Å². The van der Waals surface area contributed by atoms with Crippen molar-refractivity contribution in [3.63, 3.8) is 0 Å². The molecule has 2 N–H and O–H groups in total. The molecule has 0 saturated heterocycles. The monoisotopic (exact) mass is 426 g/mol. The summed E-state index contributed by atoms with van der Waals surface area (Å²) in [6.45, 7) is -0.399. The van der Waals surface area contributed by atoms with Crippen molar-refractivity contribution >= 4 is 23.3 Å². The number of benzene rings is 1. The highest BCUT2D eigenvalue weighted by Gasteiger charge is 2.39. The average molecular weight is 427 g/mol. The van der Waals surface area contributed by atoms with Crippen LogP contribution in [-0.4, -0.2) is 27.8 Å². The van der Waals surface area contributed by atoms with Crippen LogP contribution >= 0.6 is 11.6 Å². The van der Waals surface area contributed by atoms with Crippen molar-refractivity contribution in [1.29, 1.82) is 5.26 Å². The molecule has 13 heteroatoms. The van der Waals surface area contributed by atoms with Crippen molar-refractivity contribution in [2.75, 3.05) is 6.54 Å². The third kappa shape index (κ3) is 4.64. The van der Waals surface area contributed by atoms with Crippen molar-refractivity contribution in [2.45, 2.75) is 12.7 Å². The van der Waals surface area contributed by atoms with E-state index in [-0.39, 0.29) is 35.3 Å². The van der Waals surface area contributed by atoms with Crippen LogP contribution in [0.2, 0.25) is 5.02 Å². The number of alkyl halides is 3. The number of rotatable bonds is 4. The van der Waals surface area contributed by atoms with E-state index in [2.05, 4.69) is 20.8 Å². The zero-order valence-corrected chi connectivity index (χ0v) is 15.0. The fourth-order valence-corrected chi connectivity index (χ4v) is 2.55. The zero-order chi connectivity index (χ0) is 21.2. The second kappa shape index (κ2) is 7.80. The number of amides is 1. The van der Waals surface area contributed by atoms with Gasteiger partial charge in [0, 0.05) is 5.02 Å². The third-order valence-corrected chi connectivity index (χ3v) is 3.79. The topological polar surface area (TPSA) is 121 Å². The Labute approximate surface area is 165 Å². The predicted molar refractivity (Wildman–Crippen MR) is 93.3 cm³/mol. The molecule has 3 rings (SSSR count). The number of amidine groups is 1. The van der Waals surface area contributed by atoms with Gasteiger partial charge in [0.2, 0.25) is 5.75 Å². The molecule has 1 aromatic heterocycles. The van der Waals surface area contributed by atoms with Crippen LogP contribution in [-0.2, 0) is 17.5 Å². The van der Waals surface area contributed by atoms with Gasteiger partial charge in [-0.1, -0.05) is 11.6 Å². The lowest BCUT2D eigenvalue weighted by Gasteiger charge is -2.17. The average Bonchev–Trinajstić information content (AvgIpc) is 2.65. The van der Waals surface area contributed by atoms with Gasteiger partial charge in [0.05, 0.1) is 31.0 Å². The lowest BCUT2D eigenvalue weighted by molar-refractivity contribution is -0.142. The minimum atomic E-state index is -4.97. The summed E-state index contributed by atoms with van der Waals surface area (Å²) in [5.41, 5.74) is -0.480. The molecule has 0 atom stereocenters. The maximum atomic E-state index is 13.3. The SMILES string of the molecule is N#Cc1cc(Cl)cc(Oc2c(C(F)(F)F)ncn(CC3=NNC(=O)CN3)c2=O)c1. The molecule has 0 radical (unpaired) electrons. The standard InChI is InChI=1S/C16H10ClF3N6O3/c17-9-1-8(4-21)2-10(3-9)29-13-14(16(18,19)20)23-7-26(15(13)28)6-11-22-5-12(27)25-24-11/h1-3,7H,5-6H2,(H,22,24)(H,25,27). The quantitative estimate of drug-likeness (QED) is 0.766. The molecule has 1 aliphatic rings. The van der Waals surface area contributed by atoms with E-state index in [1.54, 1.807) is 6.07 Å². The van der Waals surface area contributed by atoms with Crippen molar-refractivity contribution in [3.05, 3.63) is 51.2 Å². The van der Waals surface area contributed by atoms with Gasteiger partial charge in [0.25, 0.3) is 11.5 Å². The molecule has 29 heavy (non-hydrogen) atoms. The first-order valence-electron chi connectivity index (χ1n) is 7.82. The number of halogens is 4. The number of carbonyl (C=O) groups excluding carboxylic acids is 1. The van der Waals surface area contributed by atoms with Crippen LogP contribution in [0.1, 0.15) is 11.3 Å². The van der Waals surface area contributed by atoms with Gasteiger partial charge in [-0.05, 0) is 18.2 Å². The Kier molecular flexibility index (Phi) is 5.42. The minimum Gasteiger partial charge on any atom is -0.449 e. The van der Waals surface area contributed by atoms with E-state index in [1.165, 1.54) is 6.07 Å². The summed E-state index contributed by atoms with van der Waals surface area (Å²) in [6, 6.07) is 5.34. The Bertz CT molecular complexity index is 1110. The molecular formula is C16H10ClF3N6O3. The number of hydrazone groups is 1. The second-order valence-electron chi connectivity index (χ2n) is 5.69. The lowest BCUT2D eigenvalue weighted by atomic mass is 10.2. The Hall–Kier alpha value is -3.59. The van der Waals surface area contributed by atoms with Crippen molar-refractivity contribution in [1.82, 2.24) is 20.3 Å². The largest absolute Gasteiger partial charge is 0.449 e. The number of nitrogens with zero attached hydrogens (tertiary/aromatic N) is 4. The molecule has 0 spiro atoms. The van der Waals surface area contributed by atoms with E-state index in [9.17, 15) is 22.8 Å². The molecule has 1 amide bonds. The highest BCUT2D eigenvalue weighted by atomic mass is 35.5. The summed E-state index contributed by atoms with van der Waals surface area (Å²) < 4.78 is 46.0. The van der Waals surface area contributed by atoms with Gasteiger partial charge in [-0.3, -0.25) is 14.2 Å². The summed E-state index contributed by atoms with van der Waals surface area (Å²) >= 11 is 5.83. The first kappa shape index (κ1) is 20.2. The summed E-state index contributed by atoms with van der Waals surface area (Å²) in [5, 5.41) is 15.3. The lowest BCUT2D eigenvalue weighted by Crippen LogP contribution is -2.44. The molecule has 2 heterocycles. The molecule has 1 aliphatic heterocycles. The van der Waals surface area contributed by atoms with Crippen LogP contribution in [0.3, 0.4) is 0 Å². The first-order valence-corrected chi connectivity index (χ1v) is 8.19. The summed E-state index contributed by atoms with van der Waals surface area (Å²) in [7, 11) is 0. The molecule has 0 saturated carbocycles. The van der Waals surface area contributed by atoms with E-state index >= 15 is 0 Å². The van der Waals surface area contributed by atoms with E-state index in [0.717, 1.165) is 16.7 Å². The zero-order valence-electron chi connectivity index (χ0n) is 14.2. The molecule has 1 aromatic carbocycles. The molecule has 9 nitrogen and oxygen atoms in total. The Balaban J connectivity index is 2.04. The van der Waals surface area contributed by atoms with Crippen LogP contribution in [0.25, 0.3) is 0 Å². The highest BCUT2D eigenvalue weighted by Crippen LogP contribution is 2.35. The molecule has 0 aliphatic carbocycles. The van der Waals surface area contributed by atoms with Gasteiger partial charge in [-0.15, -0.1) is 0 Å². The molecule has 2 aromatic rings. The minimum absolute atomic E-state index is 0.0294. The summed E-state index contributed by atoms with van der Waals surface area (Å²) in [4.78, 5) is 27.0. The molecule has 0 fully saturated rings. The molecule has 0 bridgehead atoms. The van der Waals surface area contributed by atoms with Crippen molar-refractivity contribution in [3.8, 4) is 17.6 Å². The normalized spacial score (nSPS) is 13.8. The number of hydrogen-bond acceptors (Lipinski definition) is 7. The van der Waals surface area contributed by atoms with Crippen LogP contribution in [0.4, 0.5) is 13.2 Å². The second-order valence-corrected chi connectivity index (χ2v) is 6.13. The third-order valence-electron chi connectivity index (χ3n) is 3.57. The van der Waals surface area contributed by atoms with Gasteiger partial charge < -0.3 is 10.1 Å². The Morgan fingerprint density at radius 1 is 1.31 bits per heavy atom. The molecule has 0 unspecified atom stereocenters. The van der Waals surface area contributed by atoms with Crippen molar-refractivity contribution < 1.29 is 22.7 Å². The number of ether oxygens (including phenoxy) is 1. The first-order chi connectivity index (χ1) is 13.7.